The highest BCUT2D eigenvalue weighted by molar-refractivity contribution is 7.47. The van der Waals surface area contributed by atoms with Gasteiger partial charge in [-0.25, -0.2) is 4.57 Å². The maximum absolute atomic E-state index is 12.7. The van der Waals surface area contributed by atoms with Crippen LogP contribution >= 0.6 is 7.82 Å². The van der Waals surface area contributed by atoms with Gasteiger partial charge in [0.15, 0.2) is 6.10 Å². The average Bonchev–Trinajstić information content (AvgIpc) is 3.09. The van der Waals surface area contributed by atoms with E-state index in [2.05, 4.69) is 26.0 Å². The number of likely N-dealkylation sites (N-methyl/N-ethyl adjacent to an activating group) is 1. The molecule has 9 nitrogen and oxygen atoms in total. The lowest BCUT2D eigenvalue weighted by atomic mass is 10.1. The van der Waals surface area contributed by atoms with E-state index in [1.807, 2.05) is 21.1 Å². The van der Waals surface area contributed by atoms with Gasteiger partial charge in [0.1, 0.15) is 19.8 Å². The van der Waals surface area contributed by atoms with Gasteiger partial charge < -0.3 is 18.9 Å². The van der Waals surface area contributed by atoms with E-state index >= 15 is 0 Å². The van der Waals surface area contributed by atoms with Crippen LogP contribution in [0.5, 0.6) is 0 Å². The van der Waals surface area contributed by atoms with Crippen LogP contribution in [0.1, 0.15) is 194 Å². The molecule has 0 fully saturated rings. The normalized spacial score (nSPS) is 13.7. The van der Waals surface area contributed by atoms with Crippen LogP contribution in [0.4, 0.5) is 0 Å². The monoisotopic (exact) mass is 777 g/mol. The molecule has 0 aliphatic heterocycles. The topological polar surface area (TPSA) is 108 Å². The van der Waals surface area contributed by atoms with Crippen molar-refractivity contribution in [2.45, 2.75) is 200 Å². The molecule has 0 saturated heterocycles. The van der Waals surface area contributed by atoms with Gasteiger partial charge in [0.25, 0.3) is 0 Å². The molecule has 0 radical (unpaired) electrons. The molecule has 2 atom stereocenters. The molecular formula is C42H83NO8P+. The largest absolute Gasteiger partial charge is 0.472 e. The number of nitrogens with zero attached hydrogens (tertiary/aromatic N) is 1. The number of phosphoric acid groups is 1. The second-order valence-electron chi connectivity index (χ2n) is 15.7. The minimum Gasteiger partial charge on any atom is -0.462 e. The SMILES string of the molecule is CCCCCCCC/C=C\CCCCCCCC(=O)OC(CO[13C](=O)[13CH2][13CH2][13CH2][13CH2][13CH2][13CH2][13CH2][13CH2][13CH2][13CH2][13CH2][13CH2][13CH2][13CH2][13CH3])COP(=O)(O)OCC[N+](C)(C)C. The standard InChI is InChI=1S/C42H82NO8P/c1-6-8-10-12-14-16-18-20-21-23-25-27-29-31-33-35-42(45)51-40(39-50-52(46,47)49-37-36-43(3,4)5)38-48-41(44)34-32-30-28-26-24-22-19-17-15-13-11-9-7-2/h20-21,40H,6-19,22-39H2,1-5H3/p+1/b21-20-/i2+1,7+1,9+1,11+1,13+1,15+1,17+1,19+1,22+1,24+1,26+1,28+1,30+1,32+1,34+1,41+1. The molecule has 0 amide bonds. The van der Waals surface area contributed by atoms with Crippen LogP contribution in [-0.2, 0) is 32.7 Å². The number of carbonyl (C=O) groups is 2. The zero-order valence-corrected chi connectivity index (χ0v) is 35.5. The Kier molecular flexibility index (Phi) is 34.6. The third kappa shape index (κ3) is 38.5. The molecule has 0 heterocycles. The van der Waals surface area contributed by atoms with Crippen molar-refractivity contribution >= 4 is 19.8 Å². The van der Waals surface area contributed by atoms with E-state index in [9.17, 15) is 19.0 Å². The van der Waals surface area contributed by atoms with Gasteiger partial charge in [-0.15, -0.1) is 0 Å². The number of unbranched alkanes of at least 4 members (excludes halogenated alkanes) is 23. The number of esters is 2. The Hall–Kier alpha value is -1.25. The molecule has 0 aromatic heterocycles. The Labute approximate surface area is 320 Å². The summed E-state index contributed by atoms with van der Waals surface area (Å²) in [6, 6.07) is 0. The molecule has 1 N–H and O–H groups in total. The maximum atomic E-state index is 12.7. The van der Waals surface area contributed by atoms with E-state index in [1.54, 1.807) is 0 Å². The number of phosphoric ester groups is 1. The first-order chi connectivity index (χ1) is 25.0. The Morgan fingerprint density at radius 2 is 0.981 bits per heavy atom. The van der Waals surface area contributed by atoms with E-state index in [1.165, 1.54) is 109 Å². The van der Waals surface area contributed by atoms with Gasteiger partial charge in [0.05, 0.1) is 27.7 Å². The number of rotatable bonds is 39. The van der Waals surface area contributed by atoms with Crippen molar-refractivity contribution in [2.24, 2.45) is 0 Å². The summed E-state index contributed by atoms with van der Waals surface area (Å²) < 4.78 is 34.3. The third-order valence-electron chi connectivity index (χ3n) is 9.30. The van der Waals surface area contributed by atoms with E-state index < -0.39 is 26.5 Å². The smallest absolute Gasteiger partial charge is 0.462 e. The predicted molar refractivity (Wildman–Crippen MR) is 215 cm³/mol. The number of hydrogen-bond donors (Lipinski definition) is 1. The van der Waals surface area contributed by atoms with Crippen molar-refractivity contribution in [2.75, 3.05) is 47.5 Å². The highest BCUT2D eigenvalue weighted by Crippen LogP contribution is 2.43. The number of allylic oxidation sites excluding steroid dienone is 2. The molecule has 0 aromatic rings. The van der Waals surface area contributed by atoms with Crippen molar-refractivity contribution in [3.05, 3.63) is 12.2 Å². The van der Waals surface area contributed by atoms with Crippen LogP contribution < -0.4 is 0 Å². The van der Waals surface area contributed by atoms with Crippen LogP contribution in [0.15, 0.2) is 12.2 Å². The first kappa shape index (κ1) is 50.8. The number of carbonyl (C=O) groups excluding carboxylic acids is 2. The van der Waals surface area contributed by atoms with Gasteiger partial charge in [0, 0.05) is 12.8 Å². The summed E-state index contributed by atoms with van der Waals surface area (Å²) in [6.07, 6.45) is 35.3. The molecule has 0 spiro atoms. The van der Waals surface area contributed by atoms with Gasteiger partial charge in [-0.2, -0.15) is 0 Å². The Bertz CT molecular complexity index is 907. The van der Waals surface area contributed by atoms with E-state index in [4.69, 9.17) is 18.5 Å². The Morgan fingerprint density at radius 1 is 0.577 bits per heavy atom. The second-order valence-corrected chi connectivity index (χ2v) is 17.2. The predicted octanol–water partition coefficient (Wildman–Crippen LogP) is 11.8. The lowest BCUT2D eigenvalue weighted by Gasteiger charge is -2.24. The van der Waals surface area contributed by atoms with Gasteiger partial charge in [-0.3, -0.25) is 18.6 Å². The van der Waals surface area contributed by atoms with Gasteiger partial charge >= 0.3 is 19.8 Å². The zero-order valence-electron chi connectivity index (χ0n) is 34.6. The minimum absolute atomic E-state index is 0.0331. The quantitative estimate of drug-likeness (QED) is 0.0164. The van der Waals surface area contributed by atoms with Crippen LogP contribution in [0.2, 0.25) is 0 Å². The highest BCUT2D eigenvalue weighted by atomic mass is 31.2. The summed E-state index contributed by atoms with van der Waals surface area (Å²) in [4.78, 5) is 35.3. The molecule has 0 rings (SSSR count). The van der Waals surface area contributed by atoms with Crippen molar-refractivity contribution in [1.82, 2.24) is 0 Å². The molecule has 0 aliphatic carbocycles. The maximum Gasteiger partial charge on any atom is 0.472 e. The Balaban J connectivity index is 4.37. The van der Waals surface area contributed by atoms with E-state index in [-0.39, 0.29) is 25.6 Å². The van der Waals surface area contributed by atoms with Crippen LogP contribution in [0.25, 0.3) is 0 Å². The molecule has 10 heteroatoms. The van der Waals surface area contributed by atoms with Gasteiger partial charge in [-0.05, 0) is 38.5 Å². The number of quaternary nitrogens is 1. The lowest BCUT2D eigenvalue weighted by Crippen LogP contribution is -2.37. The fourth-order valence-corrected chi connectivity index (χ4v) is 6.63. The molecule has 0 aliphatic rings. The molecule has 0 bridgehead atoms. The number of hydrogen-bond acceptors (Lipinski definition) is 7. The fourth-order valence-electron chi connectivity index (χ4n) is 5.89. The van der Waals surface area contributed by atoms with Crippen LogP contribution in [-0.4, -0.2) is 74.9 Å². The average molecular weight is 777 g/mol. The molecule has 52 heavy (non-hydrogen) atoms. The van der Waals surface area contributed by atoms with Gasteiger partial charge in [0.2, 0.25) is 0 Å². The molecular weight excluding hydrogens is 693 g/mol. The summed E-state index contributed by atoms with van der Waals surface area (Å²) >= 11 is 0. The third-order valence-corrected chi connectivity index (χ3v) is 10.3. The van der Waals surface area contributed by atoms with Crippen molar-refractivity contribution < 1.29 is 42.1 Å². The number of ether oxygens (including phenoxy) is 2. The van der Waals surface area contributed by atoms with Crippen molar-refractivity contribution in [1.29, 1.82) is 0 Å². The second kappa shape index (κ2) is 35.5. The van der Waals surface area contributed by atoms with Gasteiger partial charge in [-0.1, -0.05) is 154 Å². The molecule has 0 aromatic carbocycles. The van der Waals surface area contributed by atoms with Crippen molar-refractivity contribution in [3.63, 3.8) is 0 Å². The molecule has 0 saturated carbocycles. The first-order valence-electron chi connectivity index (χ1n) is 21.4. The van der Waals surface area contributed by atoms with Crippen LogP contribution in [0, 0.1) is 0 Å². The van der Waals surface area contributed by atoms with E-state index in [0.29, 0.717) is 23.9 Å². The summed E-state index contributed by atoms with van der Waals surface area (Å²) in [7, 11) is 1.48. The van der Waals surface area contributed by atoms with E-state index in [0.717, 1.165) is 51.4 Å². The Morgan fingerprint density at radius 3 is 1.42 bits per heavy atom. The lowest BCUT2D eigenvalue weighted by molar-refractivity contribution is -0.870. The summed E-state index contributed by atoms with van der Waals surface area (Å²) in [5.41, 5.74) is 0. The highest BCUT2D eigenvalue weighted by Gasteiger charge is 2.27. The zero-order chi connectivity index (χ0) is 38.6. The molecule has 2 unspecified atom stereocenters. The first-order valence-corrected chi connectivity index (χ1v) is 22.9. The summed E-state index contributed by atoms with van der Waals surface area (Å²) in [6.45, 7) is 4.42. The fraction of sp³-hybridized carbons (Fsp3) is 0.905. The van der Waals surface area contributed by atoms with Crippen molar-refractivity contribution in [3.8, 4) is 0 Å². The van der Waals surface area contributed by atoms with Crippen LogP contribution in [0.3, 0.4) is 0 Å². The molecule has 308 valence electrons. The summed E-state index contributed by atoms with van der Waals surface area (Å²) in [5.74, 6) is -0.801. The summed E-state index contributed by atoms with van der Waals surface area (Å²) in [5, 5.41) is 0. The minimum atomic E-state index is -4.37.